The minimum Gasteiger partial charge on any atom is -0.466 e. The lowest BCUT2D eigenvalue weighted by molar-refractivity contribution is -0.152. The molecule has 90 valence electrons. The number of aliphatic hydroxyl groups excluding tert-OH is 1. The Labute approximate surface area is 96.6 Å². The molecule has 0 radical (unpaired) electrons. The van der Waals surface area contributed by atoms with Gasteiger partial charge in [0.25, 0.3) is 0 Å². The molecule has 0 aromatic heterocycles. The molecule has 0 saturated carbocycles. The molecule has 15 heavy (non-hydrogen) atoms. The van der Waals surface area contributed by atoms with Gasteiger partial charge in [-0.2, -0.15) is 11.8 Å². The van der Waals surface area contributed by atoms with Crippen LogP contribution in [0.25, 0.3) is 0 Å². The molecule has 0 aliphatic carbocycles. The van der Waals surface area contributed by atoms with Crippen LogP contribution in [0.3, 0.4) is 0 Å². The zero-order chi connectivity index (χ0) is 11.7. The van der Waals surface area contributed by atoms with Gasteiger partial charge in [-0.05, 0) is 31.8 Å². The lowest BCUT2D eigenvalue weighted by Crippen LogP contribution is -2.30. The summed E-state index contributed by atoms with van der Waals surface area (Å²) in [7, 11) is 0. The van der Waals surface area contributed by atoms with Gasteiger partial charge in [0, 0.05) is 0 Å². The second kappa shape index (κ2) is 9.04. The molecule has 0 aliphatic rings. The molecular weight excluding hydrogens is 212 g/mol. The molecule has 0 fully saturated rings. The van der Waals surface area contributed by atoms with Crippen LogP contribution in [0.15, 0.2) is 0 Å². The quantitative estimate of drug-likeness (QED) is 0.653. The predicted molar refractivity (Wildman–Crippen MR) is 64.0 cm³/mol. The minimum absolute atomic E-state index is 0.257. The molecule has 4 heteroatoms. The van der Waals surface area contributed by atoms with Gasteiger partial charge in [-0.3, -0.25) is 4.79 Å². The fourth-order valence-corrected chi connectivity index (χ4v) is 1.94. The molecule has 2 atom stereocenters. The summed E-state index contributed by atoms with van der Waals surface area (Å²) in [6.45, 7) is 4.18. The molecule has 1 N–H and O–H groups in total. The van der Waals surface area contributed by atoms with Crippen LogP contribution < -0.4 is 0 Å². The summed E-state index contributed by atoms with van der Waals surface area (Å²) in [5, 5.41) is 9.85. The van der Waals surface area contributed by atoms with Crippen LogP contribution in [0.4, 0.5) is 0 Å². The van der Waals surface area contributed by atoms with Crippen LogP contribution in [0, 0.1) is 5.92 Å². The number of esters is 1. The van der Waals surface area contributed by atoms with Gasteiger partial charge >= 0.3 is 5.97 Å². The van der Waals surface area contributed by atoms with Crippen molar-refractivity contribution in [2.45, 2.75) is 39.2 Å². The molecule has 0 amide bonds. The highest BCUT2D eigenvalue weighted by Crippen LogP contribution is 2.17. The molecule has 2 unspecified atom stereocenters. The van der Waals surface area contributed by atoms with Crippen molar-refractivity contribution in [1.29, 1.82) is 0 Å². The van der Waals surface area contributed by atoms with Gasteiger partial charge < -0.3 is 9.84 Å². The Balaban J connectivity index is 4.16. The average molecular weight is 234 g/mol. The van der Waals surface area contributed by atoms with Crippen molar-refractivity contribution in [1.82, 2.24) is 0 Å². The van der Waals surface area contributed by atoms with E-state index in [0.29, 0.717) is 19.4 Å². The van der Waals surface area contributed by atoms with E-state index >= 15 is 0 Å². The van der Waals surface area contributed by atoms with Crippen molar-refractivity contribution < 1.29 is 14.6 Å². The van der Waals surface area contributed by atoms with Crippen LogP contribution in [-0.2, 0) is 9.53 Å². The van der Waals surface area contributed by atoms with E-state index in [0.717, 1.165) is 12.2 Å². The van der Waals surface area contributed by atoms with Gasteiger partial charge in [0.15, 0.2) is 0 Å². The largest absolute Gasteiger partial charge is 0.466 e. The normalized spacial score (nSPS) is 14.7. The molecule has 0 bridgehead atoms. The molecule has 0 aromatic carbocycles. The Hall–Kier alpha value is -0.220. The summed E-state index contributed by atoms with van der Waals surface area (Å²) in [6, 6.07) is 0. The molecule has 0 spiro atoms. The maximum atomic E-state index is 11.5. The highest BCUT2D eigenvalue weighted by Gasteiger charge is 2.26. The van der Waals surface area contributed by atoms with Crippen LogP contribution in [0.1, 0.15) is 33.1 Å². The van der Waals surface area contributed by atoms with Gasteiger partial charge in [-0.25, -0.2) is 0 Å². The second-order valence-electron chi connectivity index (χ2n) is 3.50. The van der Waals surface area contributed by atoms with Crippen molar-refractivity contribution >= 4 is 17.7 Å². The summed E-state index contributed by atoms with van der Waals surface area (Å²) >= 11 is 1.68. The molecular formula is C11H22O3S. The number of hydrogen-bond donors (Lipinski definition) is 1. The van der Waals surface area contributed by atoms with E-state index in [2.05, 4.69) is 0 Å². The van der Waals surface area contributed by atoms with Crippen molar-refractivity contribution in [2.75, 3.05) is 18.6 Å². The summed E-state index contributed by atoms with van der Waals surface area (Å²) in [5.74, 6) is 0.274. The van der Waals surface area contributed by atoms with E-state index in [-0.39, 0.29) is 11.9 Å². The molecule has 0 aliphatic heterocycles. The van der Waals surface area contributed by atoms with E-state index in [1.807, 2.05) is 13.2 Å². The third-order valence-corrected chi connectivity index (χ3v) is 2.92. The first-order valence-corrected chi connectivity index (χ1v) is 6.90. The van der Waals surface area contributed by atoms with Crippen molar-refractivity contribution in [2.24, 2.45) is 5.92 Å². The number of thioether (sulfide) groups is 1. The smallest absolute Gasteiger partial charge is 0.311 e. The highest BCUT2D eigenvalue weighted by molar-refractivity contribution is 7.98. The number of aliphatic hydroxyl groups is 1. The average Bonchev–Trinajstić information content (AvgIpc) is 2.22. The Bertz CT molecular complexity index is 173. The Morgan fingerprint density at radius 2 is 2.07 bits per heavy atom. The third kappa shape index (κ3) is 6.05. The van der Waals surface area contributed by atoms with Crippen LogP contribution in [0.5, 0.6) is 0 Å². The first kappa shape index (κ1) is 14.8. The van der Waals surface area contributed by atoms with Gasteiger partial charge in [0.2, 0.25) is 0 Å². The Kier molecular flexibility index (Phi) is 8.91. The fourth-order valence-electron chi connectivity index (χ4n) is 1.47. The van der Waals surface area contributed by atoms with Gasteiger partial charge in [0.05, 0.1) is 18.6 Å². The third-order valence-electron chi connectivity index (χ3n) is 2.27. The molecule has 0 heterocycles. The van der Waals surface area contributed by atoms with E-state index in [1.165, 1.54) is 0 Å². The number of ether oxygens (including phenoxy) is 1. The lowest BCUT2D eigenvalue weighted by Gasteiger charge is -2.20. The van der Waals surface area contributed by atoms with Crippen molar-refractivity contribution in [3.8, 4) is 0 Å². The van der Waals surface area contributed by atoms with Crippen LogP contribution >= 0.6 is 11.8 Å². The first-order chi connectivity index (χ1) is 7.17. The maximum Gasteiger partial charge on any atom is 0.311 e. The number of hydrogen-bond acceptors (Lipinski definition) is 4. The monoisotopic (exact) mass is 234 g/mol. The minimum atomic E-state index is -0.559. The number of carbonyl (C=O) groups excluding carboxylic acids is 1. The first-order valence-electron chi connectivity index (χ1n) is 5.50. The van der Waals surface area contributed by atoms with Crippen LogP contribution in [-0.4, -0.2) is 35.8 Å². The summed E-state index contributed by atoms with van der Waals surface area (Å²) in [6.07, 6.45) is 3.68. The molecule has 0 rings (SSSR count). The second-order valence-corrected chi connectivity index (χ2v) is 4.48. The SMILES string of the molecule is CCCC(C(=O)OCC)C(O)CCSC. The van der Waals surface area contributed by atoms with Gasteiger partial charge in [0.1, 0.15) is 0 Å². The van der Waals surface area contributed by atoms with Crippen molar-refractivity contribution in [3.05, 3.63) is 0 Å². The standard InChI is InChI=1S/C11H22O3S/c1-4-6-9(11(13)14-5-2)10(12)7-8-15-3/h9-10,12H,4-8H2,1-3H3. The Morgan fingerprint density at radius 1 is 1.40 bits per heavy atom. The lowest BCUT2D eigenvalue weighted by atomic mass is 9.95. The molecule has 3 nitrogen and oxygen atoms in total. The maximum absolute atomic E-state index is 11.5. The van der Waals surface area contributed by atoms with E-state index in [1.54, 1.807) is 18.7 Å². The topological polar surface area (TPSA) is 46.5 Å². The predicted octanol–water partition coefficient (Wildman–Crippen LogP) is 2.08. The highest BCUT2D eigenvalue weighted by atomic mass is 32.2. The number of rotatable bonds is 8. The summed E-state index contributed by atoms with van der Waals surface area (Å²) < 4.78 is 4.95. The molecule has 0 saturated heterocycles. The van der Waals surface area contributed by atoms with Gasteiger partial charge in [-0.1, -0.05) is 13.3 Å². The summed E-state index contributed by atoms with van der Waals surface area (Å²) in [5.41, 5.74) is 0. The fraction of sp³-hybridized carbons (Fsp3) is 0.909. The van der Waals surface area contributed by atoms with E-state index in [4.69, 9.17) is 4.74 Å². The zero-order valence-electron chi connectivity index (χ0n) is 9.86. The van der Waals surface area contributed by atoms with E-state index in [9.17, 15) is 9.90 Å². The van der Waals surface area contributed by atoms with Crippen molar-refractivity contribution in [3.63, 3.8) is 0 Å². The van der Waals surface area contributed by atoms with E-state index < -0.39 is 6.10 Å². The Morgan fingerprint density at radius 3 is 2.53 bits per heavy atom. The number of carbonyl (C=O) groups is 1. The summed E-state index contributed by atoms with van der Waals surface area (Å²) in [4.78, 5) is 11.5. The molecule has 0 aromatic rings. The zero-order valence-corrected chi connectivity index (χ0v) is 10.7. The van der Waals surface area contributed by atoms with Gasteiger partial charge in [-0.15, -0.1) is 0 Å². The van der Waals surface area contributed by atoms with Crippen LogP contribution in [0.2, 0.25) is 0 Å².